The molecule has 36 heavy (non-hydrogen) atoms. The third-order valence-electron chi connectivity index (χ3n) is 4.45. The summed E-state index contributed by atoms with van der Waals surface area (Å²) in [5.74, 6) is -2.11. The molecule has 2 aromatic rings. The second kappa shape index (κ2) is 12.2. The van der Waals surface area contributed by atoms with Gasteiger partial charge < -0.3 is 38.8 Å². The molecule has 0 spiro atoms. The first-order valence-corrected chi connectivity index (χ1v) is 12.4. The van der Waals surface area contributed by atoms with Gasteiger partial charge in [-0.05, 0) is 46.0 Å². The van der Waals surface area contributed by atoms with E-state index in [9.17, 15) is 13.6 Å². The number of imidazole rings is 1. The van der Waals surface area contributed by atoms with Gasteiger partial charge in [0.05, 0.1) is 25.3 Å². The van der Waals surface area contributed by atoms with E-state index < -0.39 is 43.3 Å². The normalized spacial score (nSPS) is 12.5. The molecule has 0 aliphatic heterocycles. The van der Waals surface area contributed by atoms with Crippen LogP contribution in [0.2, 0.25) is 0 Å². The van der Waals surface area contributed by atoms with Crippen LogP contribution in [0.4, 0.5) is 19.5 Å². The van der Waals surface area contributed by atoms with Gasteiger partial charge in [0.25, 0.3) is 0 Å². The van der Waals surface area contributed by atoms with Gasteiger partial charge in [0.1, 0.15) is 17.1 Å². The highest BCUT2D eigenvalue weighted by molar-refractivity contribution is 7.57. The van der Waals surface area contributed by atoms with E-state index in [0.29, 0.717) is 12.8 Å². The SMILES string of the molecule is C=P(O)(O)OCCCCOC(=O)OCO/C(CN)=N\c1nc2c(F)cc(C#N)c(F)c2n1C(C)(C)C. The van der Waals surface area contributed by atoms with E-state index in [-0.39, 0.29) is 42.6 Å². The molecule has 4 N–H and O–H groups in total. The molecule has 0 fully saturated rings. The van der Waals surface area contributed by atoms with Crippen molar-refractivity contribution in [3.63, 3.8) is 0 Å². The minimum atomic E-state index is -3.54. The number of hydrogen-bond donors (Lipinski definition) is 3. The van der Waals surface area contributed by atoms with Gasteiger partial charge in [-0.15, -0.1) is 0 Å². The Labute approximate surface area is 206 Å². The predicted molar refractivity (Wildman–Crippen MR) is 128 cm³/mol. The third-order valence-corrected chi connectivity index (χ3v) is 5.05. The maximum atomic E-state index is 14.9. The number of fused-ring (bicyclic) bond motifs is 1. The van der Waals surface area contributed by atoms with Gasteiger partial charge in [-0.2, -0.15) is 10.3 Å². The number of aromatic nitrogens is 2. The number of halogens is 2. The van der Waals surface area contributed by atoms with Crippen molar-refractivity contribution in [1.29, 1.82) is 5.26 Å². The van der Waals surface area contributed by atoms with Crippen molar-refractivity contribution in [2.45, 2.75) is 39.2 Å². The van der Waals surface area contributed by atoms with Crippen molar-refractivity contribution in [2.75, 3.05) is 26.6 Å². The number of carbonyl (C=O) groups excluding carboxylic acids is 1. The molecule has 0 aliphatic carbocycles. The molecule has 0 bridgehead atoms. The number of unbranched alkanes of at least 4 members (excludes halogenated alkanes) is 1. The molecule has 1 aromatic carbocycles. The lowest BCUT2D eigenvalue weighted by Crippen LogP contribution is -2.24. The number of nitrogens with two attached hydrogens (primary N) is 1. The highest BCUT2D eigenvalue weighted by Gasteiger charge is 2.27. The fourth-order valence-corrected chi connectivity index (χ4v) is 3.38. The number of carbonyl (C=O) groups is 1. The molecule has 1 heterocycles. The summed E-state index contributed by atoms with van der Waals surface area (Å²) < 4.78 is 50.3. The zero-order valence-electron chi connectivity index (χ0n) is 20.0. The summed E-state index contributed by atoms with van der Waals surface area (Å²) in [7, 11) is -3.54. The lowest BCUT2D eigenvalue weighted by Gasteiger charge is -2.23. The van der Waals surface area contributed by atoms with Gasteiger partial charge in [-0.25, -0.2) is 18.6 Å². The first kappa shape index (κ1) is 29.2. The summed E-state index contributed by atoms with van der Waals surface area (Å²) in [5, 5.41) is 9.12. The monoisotopic (exact) mass is 531 g/mol. The molecule has 0 saturated carbocycles. The molecule has 0 radical (unpaired) electrons. The third kappa shape index (κ3) is 7.97. The Bertz CT molecular complexity index is 1210. The quantitative estimate of drug-likeness (QED) is 0.103. The van der Waals surface area contributed by atoms with Gasteiger partial charge >= 0.3 is 6.16 Å². The van der Waals surface area contributed by atoms with E-state index in [1.165, 1.54) is 4.57 Å². The van der Waals surface area contributed by atoms with Crippen LogP contribution < -0.4 is 5.73 Å². The number of rotatable bonds is 10. The van der Waals surface area contributed by atoms with Crippen molar-refractivity contribution < 1.29 is 42.1 Å². The Kier molecular flexibility index (Phi) is 9.92. The van der Waals surface area contributed by atoms with Crippen LogP contribution in [0.15, 0.2) is 11.1 Å². The van der Waals surface area contributed by atoms with Gasteiger partial charge in [0.2, 0.25) is 26.2 Å². The lowest BCUT2D eigenvalue weighted by atomic mass is 10.1. The Balaban J connectivity index is 2.07. The van der Waals surface area contributed by atoms with Crippen molar-refractivity contribution >= 4 is 42.9 Å². The summed E-state index contributed by atoms with van der Waals surface area (Å²) in [5.41, 5.74) is 3.79. The first-order chi connectivity index (χ1) is 16.8. The number of benzene rings is 1. The minimum absolute atomic E-state index is 0.0170. The highest BCUT2D eigenvalue weighted by atomic mass is 31.2. The number of aliphatic imine (C=N–C) groups is 1. The molecule has 12 nitrogen and oxygen atoms in total. The Morgan fingerprint density at radius 3 is 2.53 bits per heavy atom. The van der Waals surface area contributed by atoms with Crippen LogP contribution >= 0.6 is 7.57 Å². The van der Waals surface area contributed by atoms with E-state index in [1.54, 1.807) is 26.8 Å². The largest absolute Gasteiger partial charge is 0.511 e. The van der Waals surface area contributed by atoms with Crippen molar-refractivity contribution in [1.82, 2.24) is 9.55 Å². The van der Waals surface area contributed by atoms with Crippen LogP contribution in [0.1, 0.15) is 39.2 Å². The summed E-state index contributed by atoms with van der Waals surface area (Å²) in [6.45, 7) is 4.28. The standard InChI is InChI=1S/C21H28F2N5O7P/c1-21(2,3)28-18-16(23)13(10-24)9-14(22)17(18)27-19(28)26-15(11-25)33-12-34-20(29)32-7-5-6-8-35-36(4,30)31/h9,30-31H,4-8,11-12,25H2,1-3H3/b26-15-. The maximum Gasteiger partial charge on any atom is 0.511 e. The summed E-state index contributed by atoms with van der Waals surface area (Å²) in [4.78, 5) is 37.9. The second-order valence-electron chi connectivity index (χ2n) is 8.37. The summed E-state index contributed by atoms with van der Waals surface area (Å²) in [6, 6.07) is 2.37. The van der Waals surface area contributed by atoms with Crippen LogP contribution in [0.25, 0.3) is 11.0 Å². The molecule has 0 aliphatic rings. The fraction of sp³-hybridized carbons (Fsp3) is 0.476. The molecular weight excluding hydrogens is 503 g/mol. The first-order valence-electron chi connectivity index (χ1n) is 10.6. The minimum Gasteiger partial charge on any atom is -0.442 e. The Hall–Kier alpha value is -3.08. The van der Waals surface area contributed by atoms with Gasteiger partial charge in [-0.1, -0.05) is 0 Å². The number of nitriles is 1. The summed E-state index contributed by atoms with van der Waals surface area (Å²) >= 11 is 0. The topological polar surface area (TPSA) is 174 Å². The zero-order valence-corrected chi connectivity index (χ0v) is 20.9. The van der Waals surface area contributed by atoms with E-state index in [4.69, 9.17) is 39.5 Å². The molecule has 0 saturated heterocycles. The average molecular weight is 531 g/mol. The van der Waals surface area contributed by atoms with Crippen LogP contribution in [-0.2, 0) is 24.3 Å². The van der Waals surface area contributed by atoms with Gasteiger partial charge in [0.15, 0.2) is 11.6 Å². The molecule has 1 aromatic heterocycles. The van der Waals surface area contributed by atoms with Crippen molar-refractivity contribution in [2.24, 2.45) is 10.7 Å². The highest BCUT2D eigenvalue weighted by Crippen LogP contribution is 2.35. The van der Waals surface area contributed by atoms with E-state index in [0.717, 1.165) is 6.07 Å². The van der Waals surface area contributed by atoms with E-state index in [2.05, 4.69) is 16.3 Å². The fourth-order valence-electron chi connectivity index (χ4n) is 2.96. The van der Waals surface area contributed by atoms with Gasteiger partial charge in [-0.3, -0.25) is 0 Å². The second-order valence-corrected chi connectivity index (χ2v) is 9.95. The van der Waals surface area contributed by atoms with Crippen LogP contribution in [0.5, 0.6) is 0 Å². The van der Waals surface area contributed by atoms with Crippen molar-refractivity contribution in [3.8, 4) is 6.07 Å². The van der Waals surface area contributed by atoms with E-state index in [1.807, 2.05) is 0 Å². The molecule has 15 heteroatoms. The number of hydrogen-bond acceptors (Lipinski definition) is 11. The molecule has 198 valence electrons. The smallest absolute Gasteiger partial charge is 0.442 e. The molecular formula is C21H28F2N5O7P. The van der Waals surface area contributed by atoms with Crippen LogP contribution in [0.3, 0.4) is 0 Å². The van der Waals surface area contributed by atoms with Crippen LogP contribution in [-0.4, -0.2) is 64.2 Å². The molecule has 2 rings (SSSR count). The van der Waals surface area contributed by atoms with Crippen LogP contribution in [0, 0.1) is 23.0 Å². The van der Waals surface area contributed by atoms with Crippen molar-refractivity contribution in [3.05, 3.63) is 23.3 Å². The number of ether oxygens (including phenoxy) is 3. The lowest BCUT2D eigenvalue weighted by molar-refractivity contribution is -0.00138. The molecule has 0 unspecified atom stereocenters. The molecule has 0 amide bonds. The number of nitrogens with zero attached hydrogens (tertiary/aromatic N) is 4. The Morgan fingerprint density at radius 2 is 1.94 bits per heavy atom. The molecule has 0 atom stereocenters. The zero-order chi connectivity index (χ0) is 27.1. The maximum absolute atomic E-state index is 14.9. The average Bonchev–Trinajstić information content (AvgIpc) is 3.17. The summed E-state index contributed by atoms with van der Waals surface area (Å²) in [6.07, 6.45) is 2.77. The Morgan fingerprint density at radius 1 is 1.28 bits per heavy atom. The predicted octanol–water partition coefficient (Wildman–Crippen LogP) is 3.03. The van der Waals surface area contributed by atoms with E-state index >= 15 is 0 Å². The van der Waals surface area contributed by atoms with Gasteiger partial charge in [0, 0.05) is 5.54 Å².